The van der Waals surface area contributed by atoms with E-state index in [1.807, 2.05) is 13.1 Å². The third kappa shape index (κ3) is 4.68. The van der Waals surface area contributed by atoms with E-state index in [9.17, 15) is 8.42 Å². The van der Waals surface area contributed by atoms with Gasteiger partial charge in [-0.2, -0.15) is 0 Å². The zero-order chi connectivity index (χ0) is 15.3. The summed E-state index contributed by atoms with van der Waals surface area (Å²) in [4.78, 5) is 0.170. The quantitative estimate of drug-likeness (QED) is 0.808. The van der Waals surface area contributed by atoms with Crippen LogP contribution in [-0.2, 0) is 16.6 Å². The van der Waals surface area contributed by atoms with Crippen molar-refractivity contribution in [3.63, 3.8) is 0 Å². The molecule has 1 fully saturated rings. The fraction of sp³-hybridized carbons (Fsp3) is 0.600. The molecule has 1 aliphatic carbocycles. The molecule has 0 aromatic heterocycles. The van der Waals surface area contributed by atoms with Crippen LogP contribution < -0.4 is 10.0 Å². The van der Waals surface area contributed by atoms with Crippen LogP contribution in [-0.4, -0.2) is 22.0 Å². The van der Waals surface area contributed by atoms with Crippen LogP contribution in [0, 0.1) is 5.92 Å². The SMILES string of the molecule is CNCc1ccc(Cl)c(S(=O)(=O)NCCC2CCCC2)c1. The molecule has 1 aromatic rings. The number of benzene rings is 1. The van der Waals surface area contributed by atoms with Crippen LogP contribution >= 0.6 is 11.6 Å². The Morgan fingerprint density at radius 1 is 1.29 bits per heavy atom. The van der Waals surface area contributed by atoms with Gasteiger partial charge in [0.05, 0.1) is 5.02 Å². The molecule has 21 heavy (non-hydrogen) atoms. The highest BCUT2D eigenvalue weighted by Crippen LogP contribution is 2.27. The maximum absolute atomic E-state index is 12.4. The molecule has 118 valence electrons. The Morgan fingerprint density at radius 3 is 2.67 bits per heavy atom. The molecular formula is C15H23ClN2O2S. The van der Waals surface area contributed by atoms with Gasteiger partial charge in [0.25, 0.3) is 0 Å². The molecule has 0 bridgehead atoms. The molecule has 0 aliphatic heterocycles. The normalized spacial score (nSPS) is 16.5. The van der Waals surface area contributed by atoms with Gasteiger partial charge < -0.3 is 5.32 Å². The lowest BCUT2D eigenvalue weighted by Crippen LogP contribution is -2.26. The molecule has 0 radical (unpaired) electrons. The summed E-state index contributed by atoms with van der Waals surface area (Å²) in [7, 11) is -1.71. The molecule has 0 atom stereocenters. The Balaban J connectivity index is 2.02. The first-order valence-electron chi connectivity index (χ1n) is 7.45. The molecule has 4 nitrogen and oxygen atoms in total. The number of hydrogen-bond donors (Lipinski definition) is 2. The van der Waals surface area contributed by atoms with Crippen LogP contribution in [0.4, 0.5) is 0 Å². The molecule has 6 heteroatoms. The van der Waals surface area contributed by atoms with Gasteiger partial charge in [0.15, 0.2) is 0 Å². The van der Waals surface area contributed by atoms with E-state index in [1.165, 1.54) is 25.7 Å². The van der Waals surface area contributed by atoms with E-state index in [-0.39, 0.29) is 9.92 Å². The summed E-state index contributed by atoms with van der Waals surface area (Å²) < 4.78 is 27.4. The molecule has 1 aromatic carbocycles. The van der Waals surface area contributed by atoms with E-state index in [1.54, 1.807) is 12.1 Å². The van der Waals surface area contributed by atoms with Gasteiger partial charge in [0.1, 0.15) is 4.90 Å². The molecule has 0 unspecified atom stereocenters. The molecule has 1 saturated carbocycles. The predicted molar refractivity (Wildman–Crippen MR) is 86.0 cm³/mol. The molecule has 0 amide bonds. The highest BCUT2D eigenvalue weighted by molar-refractivity contribution is 7.89. The second kappa shape index (κ2) is 7.58. The van der Waals surface area contributed by atoms with Gasteiger partial charge in [-0.1, -0.05) is 43.4 Å². The van der Waals surface area contributed by atoms with Gasteiger partial charge in [0, 0.05) is 13.1 Å². The Hall–Kier alpha value is -0.620. The van der Waals surface area contributed by atoms with Crippen LogP contribution in [0.1, 0.15) is 37.7 Å². The minimum absolute atomic E-state index is 0.170. The van der Waals surface area contributed by atoms with E-state index in [2.05, 4.69) is 10.0 Å². The summed E-state index contributed by atoms with van der Waals surface area (Å²) in [6.45, 7) is 1.10. The smallest absolute Gasteiger partial charge is 0.242 e. The average molecular weight is 331 g/mol. The summed E-state index contributed by atoms with van der Waals surface area (Å²) >= 11 is 6.05. The van der Waals surface area contributed by atoms with Gasteiger partial charge in [0.2, 0.25) is 10.0 Å². The lowest BCUT2D eigenvalue weighted by molar-refractivity contribution is 0.495. The maximum Gasteiger partial charge on any atom is 0.242 e. The molecule has 0 saturated heterocycles. The Morgan fingerprint density at radius 2 is 2.00 bits per heavy atom. The minimum atomic E-state index is -3.53. The van der Waals surface area contributed by atoms with Crippen LogP contribution in [0.15, 0.2) is 23.1 Å². The summed E-state index contributed by atoms with van der Waals surface area (Å²) in [6.07, 6.45) is 5.90. The topological polar surface area (TPSA) is 58.2 Å². The summed E-state index contributed by atoms with van der Waals surface area (Å²) in [5, 5.41) is 3.27. The molecule has 2 rings (SSSR count). The monoisotopic (exact) mass is 330 g/mol. The van der Waals surface area contributed by atoms with Crippen LogP contribution in [0.5, 0.6) is 0 Å². The fourth-order valence-electron chi connectivity index (χ4n) is 2.84. The Bertz CT molecular complexity index is 569. The van der Waals surface area contributed by atoms with E-state index < -0.39 is 10.0 Å². The van der Waals surface area contributed by atoms with Crippen molar-refractivity contribution in [2.24, 2.45) is 5.92 Å². The fourth-order valence-corrected chi connectivity index (χ4v) is 4.44. The first-order valence-corrected chi connectivity index (χ1v) is 9.32. The predicted octanol–water partition coefficient (Wildman–Crippen LogP) is 2.92. The standard InChI is InChI=1S/C15H23ClN2O2S/c1-17-11-13-6-7-14(16)15(10-13)21(19,20)18-9-8-12-4-2-3-5-12/h6-7,10,12,17-18H,2-5,8-9,11H2,1H3. The number of sulfonamides is 1. The van der Waals surface area contributed by atoms with Crippen molar-refractivity contribution in [2.45, 2.75) is 43.5 Å². The second-order valence-electron chi connectivity index (χ2n) is 5.63. The molecule has 0 heterocycles. The van der Waals surface area contributed by atoms with Crippen molar-refractivity contribution in [3.05, 3.63) is 28.8 Å². The zero-order valence-corrected chi connectivity index (χ0v) is 13.9. The van der Waals surface area contributed by atoms with E-state index >= 15 is 0 Å². The van der Waals surface area contributed by atoms with Crippen LogP contribution in [0.25, 0.3) is 0 Å². The lowest BCUT2D eigenvalue weighted by Gasteiger charge is -2.12. The van der Waals surface area contributed by atoms with Crippen LogP contribution in [0.2, 0.25) is 5.02 Å². The van der Waals surface area contributed by atoms with Crippen molar-refractivity contribution in [2.75, 3.05) is 13.6 Å². The molecule has 1 aliphatic rings. The van der Waals surface area contributed by atoms with E-state index in [4.69, 9.17) is 11.6 Å². The van der Waals surface area contributed by atoms with Crippen molar-refractivity contribution in [1.29, 1.82) is 0 Å². The van der Waals surface area contributed by atoms with Crippen molar-refractivity contribution in [1.82, 2.24) is 10.0 Å². The molecule has 2 N–H and O–H groups in total. The maximum atomic E-state index is 12.4. The van der Waals surface area contributed by atoms with Gasteiger partial charge in [-0.05, 0) is 37.1 Å². The van der Waals surface area contributed by atoms with Gasteiger partial charge >= 0.3 is 0 Å². The number of hydrogen-bond acceptors (Lipinski definition) is 3. The van der Waals surface area contributed by atoms with Crippen LogP contribution in [0.3, 0.4) is 0 Å². The number of halogens is 1. The van der Waals surface area contributed by atoms with Crippen molar-refractivity contribution >= 4 is 21.6 Å². The average Bonchev–Trinajstić information content (AvgIpc) is 2.94. The van der Waals surface area contributed by atoms with Crippen molar-refractivity contribution in [3.8, 4) is 0 Å². The van der Waals surface area contributed by atoms with Crippen molar-refractivity contribution < 1.29 is 8.42 Å². The first kappa shape index (κ1) is 16.7. The summed E-state index contributed by atoms with van der Waals surface area (Å²) in [5.74, 6) is 0.666. The number of nitrogens with one attached hydrogen (secondary N) is 2. The zero-order valence-electron chi connectivity index (χ0n) is 12.4. The number of rotatable bonds is 7. The second-order valence-corrected chi connectivity index (χ2v) is 7.77. The molecular weight excluding hydrogens is 308 g/mol. The van der Waals surface area contributed by atoms with Gasteiger partial charge in [-0.15, -0.1) is 0 Å². The Kier molecular flexibility index (Phi) is 6.05. The Labute approximate surface area is 132 Å². The molecule has 0 spiro atoms. The summed E-state index contributed by atoms with van der Waals surface area (Å²) in [5.41, 5.74) is 0.901. The highest BCUT2D eigenvalue weighted by Gasteiger charge is 2.20. The van der Waals surface area contributed by atoms with Gasteiger partial charge in [-0.25, -0.2) is 13.1 Å². The highest BCUT2D eigenvalue weighted by atomic mass is 35.5. The minimum Gasteiger partial charge on any atom is -0.316 e. The van der Waals surface area contributed by atoms with E-state index in [0.717, 1.165) is 12.0 Å². The lowest BCUT2D eigenvalue weighted by atomic mass is 10.1. The van der Waals surface area contributed by atoms with Gasteiger partial charge in [-0.3, -0.25) is 0 Å². The summed E-state index contributed by atoms with van der Waals surface area (Å²) in [6, 6.07) is 5.10. The van der Waals surface area contributed by atoms with E-state index in [0.29, 0.717) is 19.0 Å². The first-order chi connectivity index (χ1) is 10.0. The third-order valence-electron chi connectivity index (χ3n) is 3.99. The largest absolute Gasteiger partial charge is 0.316 e. The third-order valence-corrected chi connectivity index (χ3v) is 5.93.